The molecule has 0 fully saturated rings. The molecule has 1 unspecified atom stereocenters. The van der Waals surface area contributed by atoms with Gasteiger partial charge in [-0.2, -0.15) is 9.97 Å². The van der Waals surface area contributed by atoms with Crippen molar-refractivity contribution in [3.63, 3.8) is 0 Å². The first-order valence-electron chi connectivity index (χ1n) is 22.8. The first-order chi connectivity index (χ1) is 31.7. The summed E-state index contributed by atoms with van der Waals surface area (Å²) in [5, 5.41) is 4.63. The molecule has 0 radical (unpaired) electrons. The molecule has 12 rings (SSSR count). The third kappa shape index (κ3) is 6.17. The summed E-state index contributed by atoms with van der Waals surface area (Å²) in [6.45, 7) is 12.1. The van der Waals surface area contributed by atoms with E-state index in [1.54, 1.807) is 0 Å². The summed E-state index contributed by atoms with van der Waals surface area (Å²) < 4.78 is 4.72. The van der Waals surface area contributed by atoms with Crippen molar-refractivity contribution in [1.82, 2.24) is 24.1 Å². The molecule has 3 heterocycles. The van der Waals surface area contributed by atoms with E-state index in [0.29, 0.717) is 23.5 Å². The summed E-state index contributed by atoms with van der Waals surface area (Å²) in [6.07, 6.45) is 1.18. The van der Waals surface area contributed by atoms with Gasteiger partial charge in [0.2, 0.25) is 5.95 Å². The Morgan fingerprint density at radius 3 is 1.60 bits per heavy atom. The zero-order valence-electron chi connectivity index (χ0n) is 37.4. The normalized spacial score (nSPS) is 15.5. The molecule has 11 aromatic rings. The van der Waals surface area contributed by atoms with Crippen LogP contribution in [0, 0.1) is 5.92 Å². The van der Waals surface area contributed by atoms with Crippen molar-refractivity contribution in [3.05, 3.63) is 199 Å². The van der Waals surface area contributed by atoms with Gasteiger partial charge in [0.1, 0.15) is 0 Å². The van der Waals surface area contributed by atoms with Gasteiger partial charge in [0.05, 0.1) is 22.1 Å². The predicted molar refractivity (Wildman–Crippen MR) is 270 cm³/mol. The molecule has 0 saturated carbocycles. The number of rotatable bonds is 6. The van der Waals surface area contributed by atoms with E-state index in [9.17, 15) is 0 Å². The van der Waals surface area contributed by atoms with Crippen molar-refractivity contribution in [2.45, 2.75) is 51.9 Å². The Balaban J connectivity index is 1.10. The number of para-hydroxylation sites is 2. The summed E-state index contributed by atoms with van der Waals surface area (Å²) in [7, 11) is 0. The molecule has 1 aliphatic rings. The van der Waals surface area contributed by atoms with E-state index in [4.69, 9.17) is 15.0 Å². The standard InChI is InChI=1S/C60H49N5/c1-38-37-59(2,3)50-30-18-29-45(53(50)60(38,4)5)43-25-16-23-41(35-43)42-24-17-26-44(36-42)64-51-31-14-12-27-46(51)48-33-34-49-47-28-13-15-32-52(47)65(55(49)54(48)64)58-62-56(39-19-8-6-9-20-39)61-57(63-58)40-21-10-7-11-22-40/h6-36,38H,37H2,1-5H3. The lowest BCUT2D eigenvalue weighted by Crippen LogP contribution is -2.40. The Morgan fingerprint density at radius 2 is 0.954 bits per heavy atom. The number of hydrogen-bond acceptors (Lipinski definition) is 3. The van der Waals surface area contributed by atoms with Gasteiger partial charge in [-0.25, -0.2) is 4.98 Å². The first kappa shape index (κ1) is 39.0. The summed E-state index contributed by atoms with van der Waals surface area (Å²) in [5.41, 5.74) is 15.4. The average Bonchev–Trinajstić information content (AvgIpc) is 3.87. The van der Waals surface area contributed by atoms with Gasteiger partial charge >= 0.3 is 0 Å². The maximum absolute atomic E-state index is 5.30. The SMILES string of the molecule is CC1CC(C)(C)c2cccc(-c3cccc(-c4cccc(-n5c6ccccc6c6ccc7c8ccccc8n(-c8nc(-c9ccccc9)nc(-c9ccccc9)n8)c7c65)c4)c3)c2C1(C)C. The molecule has 65 heavy (non-hydrogen) atoms. The molecule has 0 spiro atoms. The van der Waals surface area contributed by atoms with E-state index in [1.165, 1.54) is 50.6 Å². The first-order valence-corrected chi connectivity index (χ1v) is 22.8. The zero-order valence-corrected chi connectivity index (χ0v) is 37.4. The van der Waals surface area contributed by atoms with E-state index in [0.717, 1.165) is 49.7 Å². The molecule has 5 heteroatoms. The van der Waals surface area contributed by atoms with Gasteiger partial charge in [-0.1, -0.05) is 192 Å². The van der Waals surface area contributed by atoms with Gasteiger partial charge in [-0.05, 0) is 86.9 Å². The van der Waals surface area contributed by atoms with Crippen molar-refractivity contribution >= 4 is 43.6 Å². The Kier molecular flexibility index (Phi) is 8.83. The van der Waals surface area contributed by atoms with Gasteiger partial charge in [0.25, 0.3) is 0 Å². The van der Waals surface area contributed by atoms with E-state index in [1.807, 2.05) is 36.4 Å². The highest BCUT2D eigenvalue weighted by molar-refractivity contribution is 6.23. The van der Waals surface area contributed by atoms with Gasteiger partial charge in [0.15, 0.2) is 11.6 Å². The third-order valence-corrected chi connectivity index (χ3v) is 14.5. The molecule has 0 amide bonds. The average molecular weight is 840 g/mol. The van der Waals surface area contributed by atoms with Gasteiger partial charge in [-0.3, -0.25) is 4.57 Å². The maximum atomic E-state index is 5.30. The van der Waals surface area contributed by atoms with Crippen molar-refractivity contribution in [2.75, 3.05) is 0 Å². The molecule has 1 aliphatic carbocycles. The molecule has 314 valence electrons. The molecular formula is C60H49N5. The highest BCUT2D eigenvalue weighted by atomic mass is 15.2. The maximum Gasteiger partial charge on any atom is 0.238 e. The lowest BCUT2D eigenvalue weighted by molar-refractivity contribution is 0.234. The van der Waals surface area contributed by atoms with Crippen LogP contribution in [0.4, 0.5) is 0 Å². The summed E-state index contributed by atoms with van der Waals surface area (Å²) in [6, 6.07) is 67.6. The van der Waals surface area contributed by atoms with Crippen LogP contribution in [0.3, 0.4) is 0 Å². The van der Waals surface area contributed by atoms with Gasteiger partial charge in [0, 0.05) is 38.4 Å². The van der Waals surface area contributed by atoms with Gasteiger partial charge < -0.3 is 4.57 Å². The molecule has 0 bridgehead atoms. The fourth-order valence-electron chi connectivity index (χ4n) is 11.0. The smallest absolute Gasteiger partial charge is 0.238 e. The topological polar surface area (TPSA) is 48.5 Å². The number of benzene rings is 8. The van der Waals surface area contributed by atoms with E-state index < -0.39 is 0 Å². The second kappa shape index (κ2) is 14.7. The summed E-state index contributed by atoms with van der Waals surface area (Å²) in [4.78, 5) is 15.7. The van der Waals surface area contributed by atoms with Crippen LogP contribution in [0.25, 0.3) is 100 Å². The van der Waals surface area contributed by atoms with Crippen LogP contribution in [0.15, 0.2) is 188 Å². The van der Waals surface area contributed by atoms with Crippen LogP contribution in [-0.2, 0) is 10.8 Å². The number of aromatic nitrogens is 5. The Morgan fingerprint density at radius 1 is 0.446 bits per heavy atom. The van der Waals surface area contributed by atoms with Crippen molar-refractivity contribution in [2.24, 2.45) is 5.92 Å². The fourth-order valence-corrected chi connectivity index (χ4v) is 11.0. The quantitative estimate of drug-likeness (QED) is 0.168. The Hall–Kier alpha value is -7.63. The summed E-state index contributed by atoms with van der Waals surface area (Å²) >= 11 is 0. The molecule has 8 aromatic carbocycles. The molecule has 1 atom stereocenters. The fraction of sp³-hybridized carbons (Fsp3) is 0.150. The highest BCUT2D eigenvalue weighted by Gasteiger charge is 2.43. The molecule has 5 nitrogen and oxygen atoms in total. The molecule has 0 saturated heterocycles. The summed E-state index contributed by atoms with van der Waals surface area (Å²) in [5.74, 6) is 2.38. The van der Waals surface area contributed by atoms with Crippen LogP contribution < -0.4 is 0 Å². The van der Waals surface area contributed by atoms with Crippen molar-refractivity contribution in [3.8, 4) is 56.7 Å². The minimum atomic E-state index is 0.0508. The molecule has 0 N–H and O–H groups in total. The van der Waals surface area contributed by atoms with Crippen LogP contribution in [0.5, 0.6) is 0 Å². The monoisotopic (exact) mass is 839 g/mol. The highest BCUT2D eigenvalue weighted by Crippen LogP contribution is 2.52. The third-order valence-electron chi connectivity index (χ3n) is 14.5. The predicted octanol–water partition coefficient (Wildman–Crippen LogP) is 15.3. The molecule has 3 aromatic heterocycles. The number of hydrogen-bond donors (Lipinski definition) is 0. The van der Waals surface area contributed by atoms with Crippen molar-refractivity contribution < 1.29 is 0 Å². The second-order valence-electron chi connectivity index (χ2n) is 19.1. The minimum absolute atomic E-state index is 0.0508. The zero-order chi connectivity index (χ0) is 44.0. The van der Waals surface area contributed by atoms with E-state index in [-0.39, 0.29) is 10.8 Å². The van der Waals surface area contributed by atoms with E-state index in [2.05, 4.69) is 195 Å². The number of nitrogens with zero attached hydrogens (tertiary/aromatic N) is 5. The van der Waals surface area contributed by atoms with Crippen LogP contribution >= 0.6 is 0 Å². The van der Waals surface area contributed by atoms with Crippen LogP contribution in [-0.4, -0.2) is 24.1 Å². The largest absolute Gasteiger partial charge is 0.307 e. The van der Waals surface area contributed by atoms with Crippen molar-refractivity contribution in [1.29, 1.82) is 0 Å². The Labute approximate surface area is 379 Å². The number of fused-ring (bicyclic) bond motifs is 8. The molecular weight excluding hydrogens is 791 g/mol. The van der Waals surface area contributed by atoms with Crippen LogP contribution in [0.1, 0.15) is 52.2 Å². The lowest BCUT2D eigenvalue weighted by atomic mass is 9.57. The molecule has 0 aliphatic heterocycles. The second-order valence-corrected chi connectivity index (χ2v) is 19.1. The van der Waals surface area contributed by atoms with Crippen LogP contribution in [0.2, 0.25) is 0 Å². The lowest BCUT2D eigenvalue weighted by Gasteiger charge is -2.47. The van der Waals surface area contributed by atoms with Gasteiger partial charge in [-0.15, -0.1) is 0 Å². The Bertz CT molecular complexity index is 3590. The van der Waals surface area contributed by atoms with E-state index >= 15 is 0 Å². The minimum Gasteiger partial charge on any atom is -0.307 e.